The lowest BCUT2D eigenvalue weighted by Gasteiger charge is -2.51. The van der Waals surface area contributed by atoms with E-state index < -0.39 is 0 Å². The Morgan fingerprint density at radius 2 is 2.08 bits per heavy atom. The largest absolute Gasteiger partial charge is 0.393 e. The molecule has 24 heavy (non-hydrogen) atoms. The van der Waals surface area contributed by atoms with Crippen LogP contribution in [0, 0.1) is 28.1 Å². The van der Waals surface area contributed by atoms with Crippen molar-refractivity contribution in [2.24, 2.45) is 28.3 Å². The molecule has 3 aliphatic rings. The zero-order valence-electron chi connectivity index (χ0n) is 15.5. The molecule has 6 unspecified atom stereocenters. The van der Waals surface area contributed by atoms with Crippen molar-refractivity contribution >= 4 is 0 Å². The van der Waals surface area contributed by atoms with Crippen molar-refractivity contribution in [1.82, 2.24) is 0 Å². The van der Waals surface area contributed by atoms with E-state index in [0.29, 0.717) is 11.8 Å². The first-order valence-electron chi connectivity index (χ1n) is 9.84. The highest BCUT2D eigenvalue weighted by molar-refractivity contribution is 5.24. The molecule has 0 spiro atoms. The third-order valence-corrected chi connectivity index (χ3v) is 7.32. The minimum Gasteiger partial charge on any atom is -0.393 e. The van der Waals surface area contributed by atoms with Gasteiger partial charge in [0.1, 0.15) is 6.04 Å². The molecule has 3 heteroatoms. The summed E-state index contributed by atoms with van der Waals surface area (Å²) in [6.07, 6.45) is 13.2. The average Bonchev–Trinajstić information content (AvgIpc) is 2.65. The quantitative estimate of drug-likeness (QED) is 0.544. The molecule has 0 saturated heterocycles. The molecule has 1 fully saturated rings. The second-order valence-electron chi connectivity index (χ2n) is 8.72. The highest BCUT2D eigenvalue weighted by Gasteiger charge is 2.47. The third kappa shape index (κ3) is 3.24. The number of hydrogen-bond acceptors (Lipinski definition) is 3. The van der Waals surface area contributed by atoms with Gasteiger partial charge in [0.25, 0.3) is 0 Å². The van der Waals surface area contributed by atoms with Gasteiger partial charge in [0, 0.05) is 0 Å². The topological polar surface area (TPSA) is 49.7 Å². The van der Waals surface area contributed by atoms with E-state index in [0.717, 1.165) is 50.9 Å². The van der Waals surface area contributed by atoms with E-state index in [-0.39, 0.29) is 17.6 Å². The zero-order valence-corrected chi connectivity index (χ0v) is 15.5. The first kappa shape index (κ1) is 17.8. The number of rotatable bonds is 2. The van der Waals surface area contributed by atoms with Crippen LogP contribution in [0.5, 0.6) is 0 Å². The fourth-order valence-corrected chi connectivity index (χ4v) is 5.62. The van der Waals surface area contributed by atoms with E-state index in [1.807, 2.05) is 6.92 Å². The van der Waals surface area contributed by atoms with Crippen LogP contribution in [-0.2, 0) is 0 Å². The highest BCUT2D eigenvalue weighted by atomic mass is 16.3. The van der Waals surface area contributed by atoms with Crippen LogP contribution in [0.4, 0.5) is 0 Å². The maximum absolute atomic E-state index is 11.0. The molecular weight excluding hydrogens is 298 g/mol. The van der Waals surface area contributed by atoms with Crippen molar-refractivity contribution in [2.75, 3.05) is 0 Å². The number of allylic oxidation sites excluding steroid dienone is 2. The van der Waals surface area contributed by atoms with Crippen LogP contribution in [0.15, 0.2) is 28.5 Å². The summed E-state index contributed by atoms with van der Waals surface area (Å²) in [6, 6.07) is -0.175. The minimum absolute atomic E-state index is 0.137. The number of nitrogens with zero attached hydrogens (tertiary/aromatic N) is 1. The fraction of sp³-hybridized carbons (Fsp3) is 0.810. The van der Waals surface area contributed by atoms with Crippen molar-refractivity contribution in [2.45, 2.75) is 84.3 Å². The molecule has 0 bridgehead atoms. The molecule has 134 valence electrons. The fourth-order valence-electron chi connectivity index (χ4n) is 5.62. The van der Waals surface area contributed by atoms with Crippen molar-refractivity contribution in [1.29, 1.82) is 0 Å². The molecular formula is C21H33NO2. The lowest BCUT2D eigenvalue weighted by Crippen LogP contribution is -2.43. The maximum Gasteiger partial charge on any atom is 0.110 e. The van der Waals surface area contributed by atoms with Crippen molar-refractivity contribution in [3.8, 4) is 0 Å². The molecule has 0 aromatic rings. The second kappa shape index (κ2) is 7.11. The molecule has 3 rings (SSSR count). The van der Waals surface area contributed by atoms with Crippen LogP contribution in [-0.4, -0.2) is 17.3 Å². The Bertz CT molecular complexity index is 538. The van der Waals surface area contributed by atoms with Crippen LogP contribution in [0.25, 0.3) is 0 Å². The Morgan fingerprint density at radius 1 is 1.29 bits per heavy atom. The van der Waals surface area contributed by atoms with E-state index in [1.165, 1.54) is 17.6 Å². The van der Waals surface area contributed by atoms with Crippen LogP contribution >= 0.6 is 0 Å². The summed E-state index contributed by atoms with van der Waals surface area (Å²) in [5.74, 6) is 2.08. The predicted octanol–water partition coefficient (Wildman–Crippen LogP) is 5.39. The summed E-state index contributed by atoms with van der Waals surface area (Å²) >= 11 is 0. The van der Waals surface area contributed by atoms with Gasteiger partial charge in [-0.15, -0.1) is 0 Å². The lowest BCUT2D eigenvalue weighted by molar-refractivity contribution is 0.0317. The van der Waals surface area contributed by atoms with E-state index in [2.05, 4.69) is 31.2 Å². The molecule has 6 atom stereocenters. The molecule has 0 heterocycles. The molecule has 0 radical (unpaired) electrons. The van der Waals surface area contributed by atoms with Gasteiger partial charge in [-0.1, -0.05) is 36.7 Å². The molecule has 0 amide bonds. The van der Waals surface area contributed by atoms with Gasteiger partial charge >= 0.3 is 0 Å². The van der Waals surface area contributed by atoms with E-state index in [9.17, 15) is 10.0 Å². The first-order chi connectivity index (χ1) is 11.5. The van der Waals surface area contributed by atoms with Crippen LogP contribution in [0.1, 0.15) is 72.1 Å². The Hall–Kier alpha value is -0.960. The highest BCUT2D eigenvalue weighted by Crippen LogP contribution is 2.56. The van der Waals surface area contributed by atoms with Gasteiger partial charge in [-0.2, -0.15) is 4.91 Å². The summed E-state index contributed by atoms with van der Waals surface area (Å²) in [6.45, 7) is 6.77. The molecule has 3 nitrogen and oxygen atoms in total. The Labute approximate surface area is 146 Å². The number of fused-ring (bicyclic) bond motifs is 3. The van der Waals surface area contributed by atoms with Crippen molar-refractivity contribution < 1.29 is 5.11 Å². The Balaban J connectivity index is 1.84. The molecule has 0 aromatic carbocycles. The second-order valence-corrected chi connectivity index (χ2v) is 8.72. The summed E-state index contributed by atoms with van der Waals surface area (Å²) < 4.78 is 0. The summed E-state index contributed by atoms with van der Waals surface area (Å²) in [5, 5.41) is 13.4. The summed E-state index contributed by atoms with van der Waals surface area (Å²) in [7, 11) is 0. The number of nitroso groups, excluding NO2 is 1. The Morgan fingerprint density at radius 3 is 2.83 bits per heavy atom. The third-order valence-electron chi connectivity index (χ3n) is 7.32. The monoisotopic (exact) mass is 331 g/mol. The maximum atomic E-state index is 11.0. The average molecular weight is 332 g/mol. The zero-order chi connectivity index (χ0) is 17.3. The SMILES string of the molecule is CC(N=O)C1=CCC(C)C2CC=C3CC(O)CCC3(C)C2CCC1. The van der Waals surface area contributed by atoms with E-state index >= 15 is 0 Å². The van der Waals surface area contributed by atoms with Gasteiger partial charge in [0.15, 0.2) is 0 Å². The van der Waals surface area contributed by atoms with Crippen molar-refractivity contribution in [3.05, 3.63) is 28.2 Å². The molecule has 0 aliphatic heterocycles. The predicted molar refractivity (Wildman–Crippen MR) is 98.6 cm³/mol. The lowest BCUT2D eigenvalue weighted by atomic mass is 9.54. The summed E-state index contributed by atoms with van der Waals surface area (Å²) in [4.78, 5) is 11.0. The molecule has 1 N–H and O–H groups in total. The smallest absolute Gasteiger partial charge is 0.110 e. The van der Waals surface area contributed by atoms with Crippen LogP contribution < -0.4 is 0 Å². The standard InChI is InChI=1S/C21H33NO2/c1-14-7-8-16(15(2)22-24)5-4-6-20-19(14)10-9-17-13-18(23)11-12-21(17,20)3/h8-9,14-15,18-20,23H,4-7,10-13H2,1-3H3. The van der Waals surface area contributed by atoms with Crippen LogP contribution in [0.3, 0.4) is 0 Å². The molecule has 1 saturated carbocycles. The number of aliphatic hydroxyl groups excluding tert-OH is 1. The van der Waals surface area contributed by atoms with Gasteiger partial charge in [-0.05, 0) is 87.0 Å². The molecule has 3 aliphatic carbocycles. The van der Waals surface area contributed by atoms with Gasteiger partial charge in [-0.25, -0.2) is 0 Å². The minimum atomic E-state index is -0.175. The van der Waals surface area contributed by atoms with E-state index in [4.69, 9.17) is 0 Å². The Kier molecular flexibility index (Phi) is 5.29. The van der Waals surface area contributed by atoms with Crippen molar-refractivity contribution in [3.63, 3.8) is 0 Å². The normalized spacial score (nSPS) is 41.5. The molecule has 0 aromatic heterocycles. The van der Waals surface area contributed by atoms with E-state index in [1.54, 1.807) is 0 Å². The summed E-state index contributed by atoms with van der Waals surface area (Å²) in [5.41, 5.74) is 3.04. The first-order valence-corrected chi connectivity index (χ1v) is 9.84. The number of hydrogen-bond donors (Lipinski definition) is 1. The van der Waals surface area contributed by atoms with Gasteiger partial charge < -0.3 is 5.11 Å². The number of aliphatic hydroxyl groups is 1. The van der Waals surface area contributed by atoms with Crippen LogP contribution in [0.2, 0.25) is 0 Å². The van der Waals surface area contributed by atoms with Gasteiger partial charge in [-0.3, -0.25) is 0 Å². The van der Waals surface area contributed by atoms with Gasteiger partial charge in [0.05, 0.1) is 6.10 Å². The van der Waals surface area contributed by atoms with Gasteiger partial charge in [0.2, 0.25) is 0 Å².